The van der Waals surface area contributed by atoms with Crippen molar-refractivity contribution in [3.05, 3.63) is 47.0 Å². The van der Waals surface area contributed by atoms with Crippen molar-refractivity contribution in [2.45, 2.75) is 28.0 Å². The molecule has 1 aliphatic rings. The van der Waals surface area contributed by atoms with Crippen molar-refractivity contribution < 1.29 is 36.9 Å². The Labute approximate surface area is 189 Å². The first-order chi connectivity index (χ1) is 14.9. The highest BCUT2D eigenvalue weighted by Crippen LogP contribution is 2.42. The molecule has 176 valence electrons. The molecule has 12 nitrogen and oxygen atoms in total. The van der Waals surface area contributed by atoms with Crippen LogP contribution in [0.1, 0.15) is 34.5 Å². The van der Waals surface area contributed by atoms with E-state index in [2.05, 4.69) is 4.84 Å². The fourth-order valence-electron chi connectivity index (χ4n) is 3.39. The maximum Gasteiger partial charge on any atom is 0.254 e. The number of rotatable bonds is 7. The molecule has 0 unspecified atom stereocenters. The second kappa shape index (κ2) is 9.12. The van der Waals surface area contributed by atoms with Crippen molar-refractivity contribution in [2.75, 3.05) is 20.1 Å². The van der Waals surface area contributed by atoms with Crippen LogP contribution < -0.4 is 5.14 Å². The molecule has 1 aliphatic heterocycles. The Bertz CT molecular complexity index is 1230. The Kier molecular flexibility index (Phi) is 7.04. The van der Waals surface area contributed by atoms with Crippen molar-refractivity contribution in [3.8, 4) is 0 Å². The number of fused-ring (bicyclic) bond motifs is 1. The van der Waals surface area contributed by atoms with E-state index in [4.69, 9.17) is 15.6 Å². The van der Waals surface area contributed by atoms with Gasteiger partial charge in [0.05, 0.1) is 18.0 Å². The molecule has 15 heteroatoms. The van der Waals surface area contributed by atoms with Gasteiger partial charge < -0.3 is 4.90 Å². The van der Waals surface area contributed by atoms with Crippen LogP contribution in [0.25, 0.3) is 0 Å². The van der Waals surface area contributed by atoms with Gasteiger partial charge in [-0.15, -0.1) is 11.3 Å². The Morgan fingerprint density at radius 3 is 2.62 bits per heavy atom. The summed E-state index contributed by atoms with van der Waals surface area (Å²) >= 11 is 0.555. The average Bonchev–Trinajstić information content (AvgIpc) is 3.18. The van der Waals surface area contributed by atoms with Crippen LogP contribution >= 0.6 is 11.3 Å². The molecule has 3 rings (SSSR count). The van der Waals surface area contributed by atoms with Gasteiger partial charge in [-0.3, -0.25) is 15.2 Å². The van der Waals surface area contributed by atoms with Gasteiger partial charge in [-0.25, -0.2) is 26.8 Å². The van der Waals surface area contributed by atoms with Crippen molar-refractivity contribution in [1.29, 1.82) is 0 Å². The minimum absolute atomic E-state index is 0.0670. The zero-order chi connectivity index (χ0) is 23.8. The first-order valence-corrected chi connectivity index (χ1v) is 13.0. The molecule has 0 saturated carbocycles. The predicted octanol–water partition coefficient (Wildman–Crippen LogP) is 0.745. The number of nitrogens with two attached hydrogens (primary N) is 1. The number of hydrogen-bond acceptors (Lipinski definition) is 10. The van der Waals surface area contributed by atoms with Gasteiger partial charge in [0.15, 0.2) is 0 Å². The van der Waals surface area contributed by atoms with Gasteiger partial charge in [0.25, 0.3) is 15.9 Å². The fourth-order valence-corrected chi connectivity index (χ4v) is 7.42. The molecular formula is C17H22N4O8S3. The molecule has 0 spiro atoms. The largest absolute Gasteiger partial charge is 0.330 e. The third-order valence-electron chi connectivity index (χ3n) is 4.91. The Morgan fingerprint density at radius 1 is 1.34 bits per heavy atom. The van der Waals surface area contributed by atoms with E-state index < -0.39 is 37.4 Å². The number of thiophene rings is 1. The third kappa shape index (κ3) is 4.85. The van der Waals surface area contributed by atoms with E-state index in [1.165, 1.54) is 24.1 Å². The fraction of sp³-hybridized carbons (Fsp3) is 0.353. The average molecular weight is 507 g/mol. The molecule has 0 bridgehead atoms. The molecular weight excluding hydrogens is 484 g/mol. The van der Waals surface area contributed by atoms with E-state index >= 15 is 0 Å². The van der Waals surface area contributed by atoms with Gasteiger partial charge in [0.2, 0.25) is 10.0 Å². The summed E-state index contributed by atoms with van der Waals surface area (Å²) in [4.78, 5) is 19.3. The monoisotopic (exact) mass is 506 g/mol. The number of hydrogen-bond donors (Lipinski definition) is 3. The van der Waals surface area contributed by atoms with E-state index in [9.17, 15) is 21.6 Å². The van der Waals surface area contributed by atoms with Gasteiger partial charge in [0, 0.05) is 31.3 Å². The number of carbonyl (C=O) groups excluding carboxylic acids is 1. The van der Waals surface area contributed by atoms with E-state index in [-0.39, 0.29) is 39.2 Å². The molecule has 1 aromatic carbocycles. The first-order valence-electron chi connectivity index (χ1n) is 9.19. The number of sulfonamides is 2. The molecule has 0 radical (unpaired) electrons. The van der Waals surface area contributed by atoms with Crippen LogP contribution in [-0.4, -0.2) is 67.9 Å². The number of likely N-dealkylation sites (N-methyl/N-ethyl adjacent to an activating group) is 2. The highest BCUT2D eigenvalue weighted by Gasteiger charge is 2.41. The second-order valence-corrected chi connectivity index (χ2v) is 12.1. The molecule has 2 aromatic rings. The number of primary sulfonamides is 1. The topological polar surface area (TPSA) is 171 Å². The number of benzene rings is 1. The molecule has 0 aliphatic carbocycles. The number of carbonyl (C=O) groups is 1. The zero-order valence-electron chi connectivity index (χ0n) is 17.1. The van der Waals surface area contributed by atoms with E-state index in [0.29, 0.717) is 16.9 Å². The van der Waals surface area contributed by atoms with E-state index in [1.54, 1.807) is 25.1 Å². The van der Waals surface area contributed by atoms with Crippen LogP contribution in [0.3, 0.4) is 0 Å². The minimum atomic E-state index is -4.14. The third-order valence-corrected chi connectivity index (χ3v) is 9.84. The normalized spacial score (nSPS) is 18.5. The van der Waals surface area contributed by atoms with Gasteiger partial charge in [-0.05, 0) is 30.7 Å². The predicted molar refractivity (Wildman–Crippen MR) is 112 cm³/mol. The SMILES string of the molecule is CCN(C(=O)c1cccc(CON(O)O)c1)[C@H]1CN(C)S(=O)(=O)c2sc(S(N)(=O)=O)cc21. The van der Waals surface area contributed by atoms with Crippen molar-refractivity contribution >= 4 is 37.3 Å². The lowest BCUT2D eigenvalue weighted by atomic mass is 10.1. The molecule has 4 N–H and O–H groups in total. The molecule has 32 heavy (non-hydrogen) atoms. The second-order valence-electron chi connectivity index (χ2n) is 6.97. The molecule has 1 amide bonds. The van der Waals surface area contributed by atoms with Crippen molar-refractivity contribution in [2.24, 2.45) is 5.14 Å². The van der Waals surface area contributed by atoms with Gasteiger partial charge in [-0.2, -0.15) is 4.31 Å². The number of amides is 1. The van der Waals surface area contributed by atoms with Crippen molar-refractivity contribution in [3.63, 3.8) is 0 Å². The Hall–Kier alpha value is -1.95. The maximum atomic E-state index is 13.3. The van der Waals surface area contributed by atoms with Crippen LogP contribution in [0.4, 0.5) is 0 Å². The van der Waals surface area contributed by atoms with Gasteiger partial charge >= 0.3 is 0 Å². The summed E-state index contributed by atoms with van der Waals surface area (Å²) in [5.74, 6) is -0.425. The Balaban J connectivity index is 2.02. The summed E-state index contributed by atoms with van der Waals surface area (Å²) in [5.41, 5.74) is 0.939. The van der Waals surface area contributed by atoms with Crippen LogP contribution in [0.5, 0.6) is 0 Å². The lowest BCUT2D eigenvalue weighted by Gasteiger charge is -2.37. The lowest BCUT2D eigenvalue weighted by molar-refractivity contribution is -0.497. The summed E-state index contributed by atoms with van der Waals surface area (Å²) in [6, 6.07) is 6.73. The summed E-state index contributed by atoms with van der Waals surface area (Å²) < 4.78 is 49.8. The molecule has 1 aromatic heterocycles. The van der Waals surface area contributed by atoms with Crippen LogP contribution in [0, 0.1) is 0 Å². The summed E-state index contributed by atoms with van der Waals surface area (Å²) in [6.07, 6.45) is 0. The van der Waals surface area contributed by atoms with E-state index in [0.717, 1.165) is 4.31 Å². The minimum Gasteiger partial charge on any atom is -0.330 e. The molecule has 0 saturated heterocycles. The maximum absolute atomic E-state index is 13.3. The van der Waals surface area contributed by atoms with Crippen molar-refractivity contribution in [1.82, 2.24) is 14.6 Å². The summed E-state index contributed by atoms with van der Waals surface area (Å²) in [7, 11) is -6.71. The highest BCUT2D eigenvalue weighted by molar-refractivity contribution is 7.94. The highest BCUT2D eigenvalue weighted by atomic mass is 32.3. The lowest BCUT2D eigenvalue weighted by Crippen LogP contribution is -2.45. The molecule has 2 heterocycles. The zero-order valence-corrected chi connectivity index (χ0v) is 19.5. The standard InChI is InChI=1S/C17H22N4O8S3/c1-3-20(16(22)12-6-4-5-11(7-12)10-29-21(23)24)14-9-19(2)32(27,28)17-13(14)8-15(30-17)31(18,25)26/h4-8,14,23-24H,3,9-10H2,1-2H3,(H2,18,25,26)/t14-/m0/s1. The van der Waals surface area contributed by atoms with Crippen LogP contribution in [-0.2, 0) is 31.5 Å². The molecule has 0 fully saturated rings. The first kappa shape index (κ1) is 24.7. The van der Waals surface area contributed by atoms with Crippen LogP contribution in [0.2, 0.25) is 0 Å². The smallest absolute Gasteiger partial charge is 0.254 e. The summed E-state index contributed by atoms with van der Waals surface area (Å²) in [6.45, 7) is 1.65. The number of nitrogens with zero attached hydrogens (tertiary/aromatic N) is 3. The Morgan fingerprint density at radius 2 is 2.03 bits per heavy atom. The van der Waals surface area contributed by atoms with Gasteiger partial charge in [0.1, 0.15) is 8.42 Å². The summed E-state index contributed by atoms with van der Waals surface area (Å²) in [5, 5.41) is 22.2. The quantitative estimate of drug-likeness (QED) is 0.458. The molecule has 1 atom stereocenters. The van der Waals surface area contributed by atoms with E-state index in [1.807, 2.05) is 0 Å². The van der Waals surface area contributed by atoms with Gasteiger partial charge in [-0.1, -0.05) is 12.1 Å². The van der Waals surface area contributed by atoms with Crippen LogP contribution in [0.15, 0.2) is 38.8 Å².